The van der Waals surface area contributed by atoms with E-state index in [0.717, 1.165) is 24.3 Å². The van der Waals surface area contributed by atoms with E-state index in [2.05, 4.69) is 5.32 Å². The Hall–Kier alpha value is -4.07. The number of phenols is 1. The van der Waals surface area contributed by atoms with Crippen molar-refractivity contribution in [1.29, 1.82) is 0 Å². The standard InChI is InChI=1S/C21H16F3N3O7S/c1-2-34-15-7-11(6-14(18(15)29)27(32)33)8-16-19(30)26(20(31)35-16)10-17(28)25-13-5-3-4-12(9-13)21(22,23)24/h3-9,29H,2,10H2,1H3,(H,25,28)/b16-8-. The Morgan fingerprint density at radius 1 is 1.29 bits per heavy atom. The second-order valence-corrected chi connectivity index (χ2v) is 7.96. The van der Waals surface area contributed by atoms with Gasteiger partial charge in [-0.2, -0.15) is 13.2 Å². The van der Waals surface area contributed by atoms with Gasteiger partial charge in [-0.3, -0.25) is 29.4 Å². The van der Waals surface area contributed by atoms with E-state index in [1.54, 1.807) is 6.92 Å². The molecule has 1 fully saturated rings. The SMILES string of the molecule is CCOc1cc(/C=C2\SC(=O)N(CC(=O)Nc3cccc(C(F)(F)F)c3)C2=O)cc([N+](=O)[O-])c1O. The van der Waals surface area contributed by atoms with Crippen molar-refractivity contribution in [1.82, 2.24) is 4.90 Å². The number of hydrogen-bond donors (Lipinski definition) is 2. The minimum absolute atomic E-state index is 0.0804. The number of nitro groups is 1. The highest BCUT2D eigenvalue weighted by Crippen LogP contribution is 2.39. The third-order valence-corrected chi connectivity index (χ3v) is 5.43. The van der Waals surface area contributed by atoms with E-state index < -0.39 is 51.7 Å². The molecule has 2 aromatic carbocycles. The zero-order valence-electron chi connectivity index (χ0n) is 17.8. The number of alkyl halides is 3. The van der Waals surface area contributed by atoms with Gasteiger partial charge in [0.05, 0.1) is 22.0 Å². The van der Waals surface area contributed by atoms with Gasteiger partial charge in [-0.1, -0.05) is 6.07 Å². The molecule has 0 atom stereocenters. The molecule has 35 heavy (non-hydrogen) atoms. The van der Waals surface area contributed by atoms with Gasteiger partial charge < -0.3 is 15.2 Å². The first kappa shape index (κ1) is 25.6. The molecular formula is C21H16F3N3O7S. The fourth-order valence-electron chi connectivity index (χ4n) is 3.01. The molecule has 184 valence electrons. The van der Waals surface area contributed by atoms with Crippen molar-refractivity contribution >= 4 is 46.3 Å². The first-order chi connectivity index (χ1) is 16.4. The van der Waals surface area contributed by atoms with Gasteiger partial charge in [-0.05, 0) is 54.6 Å². The second-order valence-electron chi connectivity index (χ2n) is 6.97. The number of carbonyl (C=O) groups is 3. The molecule has 0 aliphatic carbocycles. The first-order valence-electron chi connectivity index (χ1n) is 9.77. The van der Waals surface area contributed by atoms with Crippen LogP contribution in [-0.4, -0.2) is 45.1 Å². The third-order valence-electron chi connectivity index (χ3n) is 4.52. The molecule has 0 saturated carbocycles. The Bertz CT molecular complexity index is 1250. The maximum Gasteiger partial charge on any atom is 0.416 e. The summed E-state index contributed by atoms with van der Waals surface area (Å²) < 4.78 is 43.7. The summed E-state index contributed by atoms with van der Waals surface area (Å²) in [5, 5.41) is 22.6. The van der Waals surface area contributed by atoms with Crippen molar-refractivity contribution in [3.8, 4) is 11.5 Å². The number of benzene rings is 2. The molecule has 3 amide bonds. The van der Waals surface area contributed by atoms with Gasteiger partial charge in [0.15, 0.2) is 5.75 Å². The van der Waals surface area contributed by atoms with Crippen LogP contribution >= 0.6 is 11.8 Å². The Balaban J connectivity index is 1.78. The van der Waals surface area contributed by atoms with Gasteiger partial charge in [0.1, 0.15) is 6.54 Å². The number of ether oxygens (including phenoxy) is 1. The minimum atomic E-state index is -4.62. The number of carbonyl (C=O) groups excluding carboxylic acids is 3. The van der Waals surface area contributed by atoms with Crippen LogP contribution in [0.5, 0.6) is 11.5 Å². The van der Waals surface area contributed by atoms with Crippen LogP contribution in [0.4, 0.5) is 29.3 Å². The number of halogens is 3. The number of phenolic OH excluding ortho intramolecular Hbond substituents is 1. The molecular weight excluding hydrogens is 495 g/mol. The molecule has 1 saturated heterocycles. The summed E-state index contributed by atoms with van der Waals surface area (Å²) in [6, 6.07) is 6.05. The van der Waals surface area contributed by atoms with E-state index in [-0.39, 0.29) is 28.5 Å². The molecule has 2 aromatic rings. The Kier molecular flexibility index (Phi) is 7.34. The normalized spacial score (nSPS) is 15.0. The largest absolute Gasteiger partial charge is 0.500 e. The zero-order chi connectivity index (χ0) is 25.9. The lowest BCUT2D eigenvalue weighted by Gasteiger charge is -2.13. The minimum Gasteiger partial charge on any atom is -0.500 e. The summed E-state index contributed by atoms with van der Waals surface area (Å²) in [6.07, 6.45) is -3.46. The molecule has 0 unspecified atom stereocenters. The average Bonchev–Trinajstić information content (AvgIpc) is 3.02. The number of amides is 3. The van der Waals surface area contributed by atoms with Crippen molar-refractivity contribution in [2.24, 2.45) is 0 Å². The maximum atomic E-state index is 12.8. The molecule has 2 N–H and O–H groups in total. The summed E-state index contributed by atoms with van der Waals surface area (Å²) in [6.45, 7) is 0.914. The molecule has 0 radical (unpaired) electrons. The van der Waals surface area contributed by atoms with E-state index in [1.807, 2.05) is 0 Å². The molecule has 3 rings (SSSR count). The van der Waals surface area contributed by atoms with E-state index in [9.17, 15) is 42.8 Å². The lowest BCUT2D eigenvalue weighted by molar-refractivity contribution is -0.386. The molecule has 0 spiro atoms. The monoisotopic (exact) mass is 511 g/mol. The van der Waals surface area contributed by atoms with Crippen LogP contribution in [0.25, 0.3) is 6.08 Å². The third kappa shape index (κ3) is 5.90. The molecule has 1 heterocycles. The first-order valence-corrected chi connectivity index (χ1v) is 10.6. The van der Waals surface area contributed by atoms with E-state index in [4.69, 9.17) is 4.74 Å². The maximum absolute atomic E-state index is 12.8. The van der Waals surface area contributed by atoms with Gasteiger partial charge in [0, 0.05) is 11.8 Å². The van der Waals surface area contributed by atoms with Crippen molar-refractivity contribution in [3.63, 3.8) is 0 Å². The van der Waals surface area contributed by atoms with Crippen LogP contribution in [0.1, 0.15) is 18.1 Å². The van der Waals surface area contributed by atoms with Gasteiger partial charge in [0.25, 0.3) is 11.1 Å². The van der Waals surface area contributed by atoms with Crippen molar-refractivity contribution in [2.45, 2.75) is 13.1 Å². The van der Waals surface area contributed by atoms with Crippen LogP contribution in [0, 0.1) is 10.1 Å². The number of hydrogen-bond acceptors (Lipinski definition) is 8. The molecule has 10 nitrogen and oxygen atoms in total. The van der Waals surface area contributed by atoms with Crippen molar-refractivity contribution in [2.75, 3.05) is 18.5 Å². The molecule has 1 aliphatic heterocycles. The number of anilines is 1. The van der Waals surface area contributed by atoms with Gasteiger partial charge in [0.2, 0.25) is 11.7 Å². The lowest BCUT2D eigenvalue weighted by atomic mass is 10.1. The zero-order valence-corrected chi connectivity index (χ0v) is 18.6. The summed E-state index contributed by atoms with van der Waals surface area (Å²) in [4.78, 5) is 48.0. The quantitative estimate of drug-likeness (QED) is 0.317. The average molecular weight is 511 g/mol. The number of imide groups is 1. The van der Waals surface area contributed by atoms with Crippen LogP contribution in [0.2, 0.25) is 0 Å². The number of nitro benzene ring substituents is 1. The van der Waals surface area contributed by atoms with Crippen LogP contribution in [0.15, 0.2) is 41.3 Å². The molecule has 14 heteroatoms. The van der Waals surface area contributed by atoms with Gasteiger partial charge in [-0.15, -0.1) is 0 Å². The van der Waals surface area contributed by atoms with Gasteiger partial charge in [-0.25, -0.2) is 0 Å². The topological polar surface area (TPSA) is 139 Å². The number of nitrogens with zero attached hydrogens (tertiary/aromatic N) is 2. The highest BCUT2D eigenvalue weighted by molar-refractivity contribution is 8.18. The Morgan fingerprint density at radius 3 is 2.63 bits per heavy atom. The number of thioether (sulfide) groups is 1. The number of nitrogens with one attached hydrogen (secondary N) is 1. The highest BCUT2D eigenvalue weighted by Gasteiger charge is 2.37. The fraction of sp³-hybridized carbons (Fsp3) is 0.190. The number of aromatic hydroxyl groups is 1. The van der Waals surface area contributed by atoms with Gasteiger partial charge >= 0.3 is 11.9 Å². The van der Waals surface area contributed by atoms with Crippen LogP contribution in [0.3, 0.4) is 0 Å². The second kappa shape index (κ2) is 10.0. The fourth-order valence-corrected chi connectivity index (χ4v) is 3.85. The van der Waals surface area contributed by atoms with Crippen molar-refractivity contribution in [3.05, 3.63) is 62.5 Å². The van der Waals surface area contributed by atoms with Crippen molar-refractivity contribution < 1.29 is 42.3 Å². The number of rotatable bonds is 7. The Morgan fingerprint density at radius 2 is 2.00 bits per heavy atom. The predicted octanol–water partition coefficient (Wildman–Crippen LogP) is 4.39. The van der Waals surface area contributed by atoms with Crippen LogP contribution < -0.4 is 10.1 Å². The molecule has 1 aliphatic rings. The van der Waals surface area contributed by atoms with Crippen LogP contribution in [-0.2, 0) is 15.8 Å². The summed E-state index contributed by atoms with van der Waals surface area (Å²) in [7, 11) is 0. The highest BCUT2D eigenvalue weighted by atomic mass is 32.2. The summed E-state index contributed by atoms with van der Waals surface area (Å²) in [5.41, 5.74) is -1.76. The van der Waals surface area contributed by atoms with E-state index in [0.29, 0.717) is 22.7 Å². The lowest BCUT2D eigenvalue weighted by Crippen LogP contribution is -2.36. The predicted molar refractivity (Wildman–Crippen MR) is 119 cm³/mol. The Labute approximate surface area is 199 Å². The summed E-state index contributed by atoms with van der Waals surface area (Å²) >= 11 is 0.465. The van der Waals surface area contributed by atoms with E-state index >= 15 is 0 Å². The summed E-state index contributed by atoms with van der Waals surface area (Å²) in [5.74, 6) is -2.69. The smallest absolute Gasteiger partial charge is 0.416 e. The van der Waals surface area contributed by atoms with E-state index in [1.165, 1.54) is 12.1 Å². The molecule has 0 bridgehead atoms. The molecule has 0 aromatic heterocycles.